The molecule has 0 aliphatic rings. The Morgan fingerprint density at radius 3 is 2.35 bits per heavy atom. The Bertz CT molecular complexity index is 1160. The first kappa shape index (κ1) is 22.5. The lowest BCUT2D eigenvalue weighted by molar-refractivity contribution is -0.119. The maximum Gasteiger partial charge on any atom is 0.271 e. The molecular weight excluding hydrogens is 434 g/mol. The van der Waals surface area contributed by atoms with Crippen LogP contribution in [0, 0.1) is 0 Å². The molecule has 1 heterocycles. The van der Waals surface area contributed by atoms with Crippen molar-refractivity contribution >= 4 is 38.9 Å². The summed E-state index contributed by atoms with van der Waals surface area (Å²) in [6.45, 7) is 2.09. The Balaban J connectivity index is 1.68. The molecule has 0 bridgehead atoms. The van der Waals surface area contributed by atoms with Gasteiger partial charge in [-0.25, -0.2) is 8.42 Å². The maximum atomic E-state index is 12.8. The molecule has 0 unspecified atom stereocenters. The van der Waals surface area contributed by atoms with Gasteiger partial charge in [0.15, 0.2) is 0 Å². The van der Waals surface area contributed by atoms with Crippen LogP contribution >= 0.6 is 11.3 Å². The molecule has 0 atom stereocenters. The fourth-order valence-electron chi connectivity index (χ4n) is 2.83. The van der Waals surface area contributed by atoms with Gasteiger partial charge in [0.2, 0.25) is 5.91 Å². The first-order chi connectivity index (χ1) is 14.8. The quantitative estimate of drug-likeness (QED) is 0.459. The molecule has 0 fully saturated rings. The number of amides is 2. The lowest BCUT2D eigenvalue weighted by atomic mass is 10.1. The van der Waals surface area contributed by atoms with Crippen molar-refractivity contribution in [2.45, 2.75) is 24.1 Å². The first-order valence-electron chi connectivity index (χ1n) is 9.62. The first-order valence-corrected chi connectivity index (χ1v) is 11.9. The van der Waals surface area contributed by atoms with Gasteiger partial charge in [-0.05, 0) is 36.2 Å². The van der Waals surface area contributed by atoms with Gasteiger partial charge in [-0.3, -0.25) is 14.3 Å². The summed E-state index contributed by atoms with van der Waals surface area (Å²) in [6.07, 6.45) is 0.673. The molecule has 0 aliphatic carbocycles. The number of sulfonamides is 1. The molecule has 0 aliphatic heterocycles. The molecule has 0 saturated heterocycles. The number of thiophene rings is 1. The van der Waals surface area contributed by atoms with Crippen molar-refractivity contribution < 1.29 is 18.0 Å². The van der Waals surface area contributed by atoms with Gasteiger partial charge in [0.1, 0.15) is 4.21 Å². The van der Waals surface area contributed by atoms with Crippen LogP contribution in [0.1, 0.15) is 27.7 Å². The van der Waals surface area contributed by atoms with Crippen LogP contribution in [0.4, 0.5) is 5.69 Å². The fourth-order valence-corrected chi connectivity index (χ4v) is 5.21. The third kappa shape index (κ3) is 6.40. The number of carbonyl (C=O) groups excluding carboxylic acids is 2. The van der Waals surface area contributed by atoms with Crippen LogP contribution in [0.5, 0.6) is 0 Å². The Morgan fingerprint density at radius 2 is 1.61 bits per heavy atom. The third-order valence-corrected chi connectivity index (χ3v) is 7.31. The van der Waals surface area contributed by atoms with E-state index in [2.05, 4.69) is 15.4 Å². The molecular formula is C22H23N3O4S2. The van der Waals surface area contributed by atoms with E-state index in [1.807, 2.05) is 30.3 Å². The maximum absolute atomic E-state index is 12.8. The predicted octanol–water partition coefficient (Wildman–Crippen LogP) is 3.16. The lowest BCUT2D eigenvalue weighted by Crippen LogP contribution is -2.27. The number of carbonyl (C=O) groups is 2. The summed E-state index contributed by atoms with van der Waals surface area (Å²) in [6, 6.07) is 19.4. The number of nitrogens with one attached hydrogen (secondary N) is 3. The van der Waals surface area contributed by atoms with E-state index in [-0.39, 0.29) is 33.8 Å². The Morgan fingerprint density at radius 1 is 0.903 bits per heavy atom. The van der Waals surface area contributed by atoms with Gasteiger partial charge in [-0.15, -0.1) is 11.3 Å². The van der Waals surface area contributed by atoms with Gasteiger partial charge in [-0.1, -0.05) is 42.5 Å². The number of hydrogen-bond acceptors (Lipinski definition) is 5. The van der Waals surface area contributed by atoms with Crippen LogP contribution in [0.15, 0.2) is 70.9 Å². The Hall–Kier alpha value is -3.17. The highest BCUT2D eigenvalue weighted by molar-refractivity contribution is 7.94. The predicted molar refractivity (Wildman–Crippen MR) is 122 cm³/mol. The molecule has 1 aromatic heterocycles. The highest BCUT2D eigenvalue weighted by Crippen LogP contribution is 2.25. The molecule has 162 valence electrons. The monoisotopic (exact) mass is 457 g/mol. The zero-order valence-corrected chi connectivity index (χ0v) is 18.6. The SMILES string of the molecule is CC(=O)NCc1ccc(S(=O)(=O)Nc2ccccc2C(=O)NCCc2ccccc2)s1. The van der Waals surface area contributed by atoms with E-state index < -0.39 is 10.0 Å². The molecule has 9 heteroatoms. The minimum absolute atomic E-state index is 0.104. The van der Waals surface area contributed by atoms with E-state index in [0.717, 1.165) is 16.9 Å². The molecule has 3 rings (SSSR count). The average molecular weight is 458 g/mol. The highest BCUT2D eigenvalue weighted by atomic mass is 32.2. The van der Waals surface area contributed by atoms with E-state index in [1.54, 1.807) is 30.3 Å². The average Bonchev–Trinajstić information content (AvgIpc) is 3.23. The molecule has 2 aromatic carbocycles. The van der Waals surface area contributed by atoms with Crippen LogP contribution in [0.3, 0.4) is 0 Å². The summed E-state index contributed by atoms with van der Waals surface area (Å²) in [5.74, 6) is -0.546. The smallest absolute Gasteiger partial charge is 0.271 e. The summed E-state index contributed by atoms with van der Waals surface area (Å²) in [4.78, 5) is 24.4. The molecule has 7 nitrogen and oxygen atoms in total. The second-order valence-corrected chi connectivity index (χ2v) is 9.85. The number of anilines is 1. The summed E-state index contributed by atoms with van der Waals surface area (Å²) >= 11 is 1.06. The van der Waals surface area contributed by atoms with E-state index in [4.69, 9.17) is 0 Å². The topological polar surface area (TPSA) is 104 Å². The van der Waals surface area contributed by atoms with Crippen LogP contribution in [0.2, 0.25) is 0 Å². The molecule has 0 spiro atoms. The summed E-state index contributed by atoms with van der Waals surface area (Å²) in [7, 11) is -3.87. The number of benzene rings is 2. The van der Waals surface area contributed by atoms with Crippen LogP contribution < -0.4 is 15.4 Å². The number of hydrogen-bond donors (Lipinski definition) is 3. The van der Waals surface area contributed by atoms with Gasteiger partial charge in [-0.2, -0.15) is 0 Å². The van der Waals surface area contributed by atoms with E-state index in [0.29, 0.717) is 17.8 Å². The van der Waals surface area contributed by atoms with E-state index >= 15 is 0 Å². The standard InChI is InChI=1S/C22H23N3O4S2/c1-16(26)24-15-18-11-12-21(30-18)31(28,29)25-20-10-6-5-9-19(20)22(27)23-14-13-17-7-3-2-4-8-17/h2-12,25H,13-15H2,1H3,(H,23,27)(H,24,26). The van der Waals surface area contributed by atoms with Gasteiger partial charge in [0, 0.05) is 18.3 Å². The molecule has 3 aromatic rings. The Labute approximate surface area is 185 Å². The zero-order valence-electron chi connectivity index (χ0n) is 16.9. The van der Waals surface area contributed by atoms with E-state index in [9.17, 15) is 18.0 Å². The minimum Gasteiger partial charge on any atom is -0.352 e. The van der Waals surface area contributed by atoms with Gasteiger partial charge < -0.3 is 10.6 Å². The van der Waals surface area contributed by atoms with Crippen molar-refractivity contribution in [2.24, 2.45) is 0 Å². The second-order valence-electron chi connectivity index (χ2n) is 6.77. The van der Waals surface area contributed by atoms with Crippen molar-refractivity contribution in [1.29, 1.82) is 0 Å². The third-order valence-electron chi connectivity index (χ3n) is 4.37. The minimum atomic E-state index is -3.87. The normalized spacial score (nSPS) is 11.0. The van der Waals surface area contributed by atoms with Crippen LogP contribution in [0.25, 0.3) is 0 Å². The number of para-hydroxylation sites is 1. The van der Waals surface area contributed by atoms with Gasteiger partial charge in [0.05, 0.1) is 17.8 Å². The zero-order chi connectivity index (χ0) is 22.3. The van der Waals surface area contributed by atoms with Crippen molar-refractivity contribution in [3.63, 3.8) is 0 Å². The van der Waals surface area contributed by atoms with Gasteiger partial charge in [0.25, 0.3) is 15.9 Å². The van der Waals surface area contributed by atoms with Crippen molar-refractivity contribution in [2.75, 3.05) is 11.3 Å². The largest absolute Gasteiger partial charge is 0.352 e. The second kappa shape index (κ2) is 10.2. The van der Waals surface area contributed by atoms with Crippen molar-refractivity contribution in [3.8, 4) is 0 Å². The molecule has 0 radical (unpaired) electrons. The molecule has 0 saturated carbocycles. The Kier molecular flexibility index (Phi) is 7.43. The van der Waals surface area contributed by atoms with Gasteiger partial charge >= 0.3 is 0 Å². The van der Waals surface area contributed by atoms with Crippen LogP contribution in [-0.4, -0.2) is 26.8 Å². The van der Waals surface area contributed by atoms with Crippen molar-refractivity contribution in [1.82, 2.24) is 10.6 Å². The summed E-state index contributed by atoms with van der Waals surface area (Å²) in [5, 5.41) is 5.47. The molecule has 31 heavy (non-hydrogen) atoms. The lowest BCUT2D eigenvalue weighted by Gasteiger charge is -2.12. The van der Waals surface area contributed by atoms with Crippen LogP contribution in [-0.2, 0) is 27.8 Å². The summed E-state index contributed by atoms with van der Waals surface area (Å²) < 4.78 is 28.2. The number of rotatable bonds is 9. The molecule has 2 amide bonds. The van der Waals surface area contributed by atoms with Crippen molar-refractivity contribution in [3.05, 3.63) is 82.7 Å². The highest BCUT2D eigenvalue weighted by Gasteiger charge is 2.20. The van der Waals surface area contributed by atoms with E-state index in [1.165, 1.54) is 13.0 Å². The fraction of sp³-hybridized carbons (Fsp3) is 0.182. The summed E-state index contributed by atoms with van der Waals surface area (Å²) in [5.41, 5.74) is 1.55. The molecule has 3 N–H and O–H groups in total.